The largest absolute Gasteiger partial charge is 0.379 e. The first kappa shape index (κ1) is 12.4. The number of nitro groups is 1. The lowest BCUT2D eigenvalue weighted by atomic mass is 10.2. The predicted octanol–water partition coefficient (Wildman–Crippen LogP) is 2.98. The summed E-state index contributed by atoms with van der Waals surface area (Å²) in [6.45, 7) is 2.92. The molecule has 0 aromatic carbocycles. The van der Waals surface area contributed by atoms with E-state index >= 15 is 0 Å². The van der Waals surface area contributed by atoms with Crippen molar-refractivity contribution in [1.82, 2.24) is 4.98 Å². The van der Waals surface area contributed by atoms with Gasteiger partial charge in [-0.15, -0.1) is 0 Å². The van der Waals surface area contributed by atoms with Crippen LogP contribution in [-0.2, 0) is 0 Å². The van der Waals surface area contributed by atoms with Crippen LogP contribution < -0.4 is 5.32 Å². The summed E-state index contributed by atoms with van der Waals surface area (Å²) >= 11 is 0. The molecule has 0 radical (unpaired) electrons. The molecule has 1 aromatic heterocycles. The van der Waals surface area contributed by atoms with E-state index in [1.807, 2.05) is 0 Å². The molecule has 0 saturated heterocycles. The lowest BCUT2D eigenvalue weighted by Crippen LogP contribution is -2.04. The Hall–Kier alpha value is -1.65. The first-order valence-electron chi connectivity index (χ1n) is 5.58. The van der Waals surface area contributed by atoms with Crippen molar-refractivity contribution >= 4 is 11.4 Å². The van der Waals surface area contributed by atoms with Crippen molar-refractivity contribution in [3.05, 3.63) is 28.6 Å². The summed E-state index contributed by atoms with van der Waals surface area (Å²) in [5.41, 5.74) is 0.592. The normalized spacial score (nSPS) is 10.1. The summed E-state index contributed by atoms with van der Waals surface area (Å²) in [5, 5.41) is 13.8. The molecule has 5 heteroatoms. The molecule has 0 fully saturated rings. The Bertz CT molecular complexity index is 342. The van der Waals surface area contributed by atoms with E-state index < -0.39 is 4.92 Å². The predicted molar refractivity (Wildman–Crippen MR) is 63.5 cm³/mol. The minimum atomic E-state index is -0.415. The second-order valence-electron chi connectivity index (χ2n) is 3.64. The summed E-state index contributed by atoms with van der Waals surface area (Å²) in [6.07, 6.45) is 7.42. The number of unbranched alkanes of at least 4 members (excludes halogenated alkanes) is 3. The maximum Gasteiger partial charge on any atom is 0.310 e. The van der Waals surface area contributed by atoms with Gasteiger partial charge in [-0.3, -0.25) is 15.1 Å². The molecule has 0 amide bonds. The Labute approximate surface area is 95.0 Å². The average molecular weight is 223 g/mol. The minimum absolute atomic E-state index is 0.0398. The molecule has 0 saturated carbocycles. The van der Waals surface area contributed by atoms with Gasteiger partial charge < -0.3 is 5.32 Å². The second-order valence-corrected chi connectivity index (χ2v) is 3.64. The van der Waals surface area contributed by atoms with E-state index in [-0.39, 0.29) is 5.69 Å². The maximum absolute atomic E-state index is 10.7. The highest BCUT2D eigenvalue weighted by atomic mass is 16.6. The average Bonchev–Trinajstić information content (AvgIpc) is 2.29. The fraction of sp³-hybridized carbons (Fsp3) is 0.545. The number of nitrogens with zero attached hydrogens (tertiary/aromatic N) is 2. The van der Waals surface area contributed by atoms with Gasteiger partial charge in [-0.25, -0.2) is 0 Å². The van der Waals surface area contributed by atoms with E-state index in [0.29, 0.717) is 5.69 Å². The van der Waals surface area contributed by atoms with E-state index in [1.165, 1.54) is 19.0 Å². The molecule has 1 heterocycles. The number of nitrogens with one attached hydrogen (secondary N) is 1. The van der Waals surface area contributed by atoms with Gasteiger partial charge in [0.1, 0.15) is 11.9 Å². The molecular formula is C11H17N3O2. The highest BCUT2D eigenvalue weighted by Crippen LogP contribution is 2.21. The highest BCUT2D eigenvalue weighted by Gasteiger charge is 2.11. The van der Waals surface area contributed by atoms with Crippen LogP contribution in [0, 0.1) is 10.1 Å². The summed E-state index contributed by atoms with van der Waals surface area (Å²) in [7, 11) is 0. The summed E-state index contributed by atoms with van der Waals surface area (Å²) in [4.78, 5) is 14.0. The lowest BCUT2D eigenvalue weighted by molar-refractivity contribution is -0.384. The third-order valence-corrected chi connectivity index (χ3v) is 2.34. The molecule has 1 rings (SSSR count). The fourth-order valence-corrected chi connectivity index (χ4v) is 1.46. The summed E-state index contributed by atoms with van der Waals surface area (Å²) < 4.78 is 0. The molecule has 88 valence electrons. The molecule has 0 bridgehead atoms. The smallest absolute Gasteiger partial charge is 0.310 e. The van der Waals surface area contributed by atoms with Crippen molar-refractivity contribution in [2.75, 3.05) is 11.9 Å². The van der Waals surface area contributed by atoms with Gasteiger partial charge in [-0.1, -0.05) is 26.2 Å². The molecule has 0 aliphatic rings. The first-order chi connectivity index (χ1) is 7.75. The van der Waals surface area contributed by atoms with Crippen LogP contribution >= 0.6 is 0 Å². The van der Waals surface area contributed by atoms with Crippen molar-refractivity contribution in [2.24, 2.45) is 0 Å². The van der Waals surface area contributed by atoms with E-state index in [2.05, 4.69) is 17.2 Å². The fourth-order valence-electron chi connectivity index (χ4n) is 1.46. The van der Waals surface area contributed by atoms with Crippen molar-refractivity contribution in [2.45, 2.75) is 32.6 Å². The van der Waals surface area contributed by atoms with Gasteiger partial charge in [-0.2, -0.15) is 0 Å². The third-order valence-electron chi connectivity index (χ3n) is 2.34. The SMILES string of the molecule is CCCCCCNc1ccncc1[N+](=O)[O-]. The molecule has 1 N–H and O–H groups in total. The summed E-state index contributed by atoms with van der Waals surface area (Å²) in [5.74, 6) is 0. The van der Waals surface area contributed by atoms with Crippen LogP contribution in [-0.4, -0.2) is 16.5 Å². The number of rotatable bonds is 7. The van der Waals surface area contributed by atoms with Gasteiger partial charge in [0, 0.05) is 12.7 Å². The Morgan fingerprint density at radius 3 is 2.94 bits per heavy atom. The molecule has 0 aliphatic heterocycles. The van der Waals surface area contributed by atoms with Crippen LogP contribution in [0.3, 0.4) is 0 Å². The molecule has 16 heavy (non-hydrogen) atoms. The summed E-state index contributed by atoms with van der Waals surface area (Å²) in [6, 6.07) is 1.64. The van der Waals surface area contributed by atoms with Gasteiger partial charge >= 0.3 is 5.69 Å². The van der Waals surface area contributed by atoms with Gasteiger partial charge in [0.05, 0.1) is 4.92 Å². The van der Waals surface area contributed by atoms with Crippen molar-refractivity contribution in [3.63, 3.8) is 0 Å². The Balaban J connectivity index is 2.44. The molecule has 0 spiro atoms. The third kappa shape index (κ3) is 3.84. The topological polar surface area (TPSA) is 68.1 Å². The van der Waals surface area contributed by atoms with Crippen molar-refractivity contribution < 1.29 is 4.92 Å². The molecule has 0 aliphatic carbocycles. The van der Waals surface area contributed by atoms with Crippen LogP contribution in [0.15, 0.2) is 18.5 Å². The van der Waals surface area contributed by atoms with Crippen LogP contribution in [0.25, 0.3) is 0 Å². The standard InChI is InChI=1S/C11H17N3O2/c1-2-3-4-5-7-13-10-6-8-12-9-11(10)14(15)16/h6,8-9H,2-5,7H2,1H3,(H,12,13). The van der Waals surface area contributed by atoms with Crippen LogP contribution in [0.1, 0.15) is 32.6 Å². The quantitative estimate of drug-likeness (QED) is 0.438. The minimum Gasteiger partial charge on any atom is -0.379 e. The zero-order chi connectivity index (χ0) is 11.8. The van der Waals surface area contributed by atoms with Crippen molar-refractivity contribution in [1.29, 1.82) is 0 Å². The van der Waals surface area contributed by atoms with Crippen molar-refractivity contribution in [3.8, 4) is 0 Å². The molecule has 1 aromatic rings. The van der Waals surface area contributed by atoms with E-state index in [0.717, 1.165) is 19.4 Å². The van der Waals surface area contributed by atoms with Gasteiger partial charge in [0.2, 0.25) is 0 Å². The number of anilines is 1. The van der Waals surface area contributed by atoms with Crippen LogP contribution in [0.4, 0.5) is 11.4 Å². The Morgan fingerprint density at radius 2 is 2.25 bits per heavy atom. The zero-order valence-electron chi connectivity index (χ0n) is 9.48. The zero-order valence-corrected chi connectivity index (χ0v) is 9.48. The van der Waals surface area contributed by atoms with Crippen LogP contribution in [0.5, 0.6) is 0 Å². The number of hydrogen-bond acceptors (Lipinski definition) is 4. The Kier molecular flexibility index (Phi) is 5.25. The number of aromatic nitrogens is 1. The van der Waals surface area contributed by atoms with E-state index in [1.54, 1.807) is 12.3 Å². The van der Waals surface area contributed by atoms with Gasteiger partial charge in [0.15, 0.2) is 0 Å². The van der Waals surface area contributed by atoms with E-state index in [4.69, 9.17) is 0 Å². The van der Waals surface area contributed by atoms with Gasteiger partial charge in [-0.05, 0) is 12.5 Å². The van der Waals surface area contributed by atoms with E-state index in [9.17, 15) is 10.1 Å². The van der Waals surface area contributed by atoms with Gasteiger partial charge in [0.25, 0.3) is 0 Å². The number of pyridine rings is 1. The molecule has 5 nitrogen and oxygen atoms in total. The first-order valence-corrected chi connectivity index (χ1v) is 5.58. The monoisotopic (exact) mass is 223 g/mol. The lowest BCUT2D eigenvalue weighted by Gasteiger charge is -2.05. The second kappa shape index (κ2) is 6.76. The molecule has 0 atom stereocenters. The highest BCUT2D eigenvalue weighted by molar-refractivity contribution is 5.59. The molecular weight excluding hydrogens is 206 g/mol. The maximum atomic E-state index is 10.7. The number of hydrogen-bond donors (Lipinski definition) is 1. The Morgan fingerprint density at radius 1 is 1.44 bits per heavy atom. The van der Waals surface area contributed by atoms with Crippen LogP contribution in [0.2, 0.25) is 0 Å². The molecule has 0 unspecified atom stereocenters.